The van der Waals surface area contributed by atoms with Crippen LogP contribution in [0.25, 0.3) is 11.5 Å². The van der Waals surface area contributed by atoms with E-state index in [-0.39, 0.29) is 0 Å². The summed E-state index contributed by atoms with van der Waals surface area (Å²) < 4.78 is 5.25. The normalized spacial score (nSPS) is 10.6. The van der Waals surface area contributed by atoms with E-state index in [0.717, 1.165) is 30.4 Å². The molecule has 4 nitrogen and oxygen atoms in total. The SMILES string of the molecule is CCNCc1ncc(-c2ccco2)[nH]1. The Balaban J connectivity index is 2.10. The largest absolute Gasteiger partial charge is 0.463 e. The Bertz CT molecular complexity index is 378. The minimum atomic E-state index is 0.761. The first-order valence-corrected chi connectivity index (χ1v) is 4.68. The topological polar surface area (TPSA) is 53.9 Å². The van der Waals surface area contributed by atoms with Crippen LogP contribution in [-0.4, -0.2) is 16.5 Å². The summed E-state index contributed by atoms with van der Waals surface area (Å²) in [5.41, 5.74) is 0.919. The van der Waals surface area contributed by atoms with Crippen molar-refractivity contribution in [2.45, 2.75) is 13.5 Å². The second kappa shape index (κ2) is 4.11. The molecule has 2 rings (SSSR count). The highest BCUT2D eigenvalue weighted by Crippen LogP contribution is 2.16. The fourth-order valence-electron chi connectivity index (χ4n) is 1.25. The van der Waals surface area contributed by atoms with Crippen LogP contribution in [0.15, 0.2) is 29.0 Å². The van der Waals surface area contributed by atoms with Gasteiger partial charge in [0.25, 0.3) is 0 Å². The lowest BCUT2D eigenvalue weighted by molar-refractivity contribution is 0.580. The summed E-state index contributed by atoms with van der Waals surface area (Å²) >= 11 is 0. The second-order valence-corrected chi connectivity index (χ2v) is 3.00. The first-order chi connectivity index (χ1) is 6.90. The van der Waals surface area contributed by atoms with Crippen molar-refractivity contribution in [3.63, 3.8) is 0 Å². The number of hydrogen-bond acceptors (Lipinski definition) is 3. The molecule has 74 valence electrons. The Morgan fingerprint density at radius 3 is 3.21 bits per heavy atom. The fourth-order valence-corrected chi connectivity index (χ4v) is 1.25. The smallest absolute Gasteiger partial charge is 0.151 e. The molecule has 4 heteroatoms. The van der Waals surface area contributed by atoms with Crippen LogP contribution in [0, 0.1) is 0 Å². The quantitative estimate of drug-likeness (QED) is 0.774. The molecule has 0 amide bonds. The summed E-state index contributed by atoms with van der Waals surface area (Å²) in [4.78, 5) is 7.41. The summed E-state index contributed by atoms with van der Waals surface area (Å²) in [5, 5.41) is 3.20. The predicted molar refractivity (Wildman–Crippen MR) is 53.7 cm³/mol. The van der Waals surface area contributed by atoms with Crippen LogP contribution in [0.4, 0.5) is 0 Å². The maximum atomic E-state index is 5.25. The third-order valence-corrected chi connectivity index (χ3v) is 1.96. The van der Waals surface area contributed by atoms with Crippen molar-refractivity contribution in [3.05, 3.63) is 30.4 Å². The summed E-state index contributed by atoms with van der Waals surface area (Å²) in [7, 11) is 0. The minimum absolute atomic E-state index is 0.761. The van der Waals surface area contributed by atoms with Crippen molar-refractivity contribution in [2.24, 2.45) is 0 Å². The van der Waals surface area contributed by atoms with Gasteiger partial charge in [0.1, 0.15) is 11.5 Å². The number of furan rings is 1. The molecule has 0 aromatic carbocycles. The molecular formula is C10H13N3O. The number of H-pyrrole nitrogens is 1. The first-order valence-electron chi connectivity index (χ1n) is 4.68. The Morgan fingerprint density at radius 1 is 1.57 bits per heavy atom. The number of nitrogens with zero attached hydrogens (tertiary/aromatic N) is 1. The molecule has 14 heavy (non-hydrogen) atoms. The third kappa shape index (κ3) is 1.85. The summed E-state index contributed by atoms with van der Waals surface area (Å²) in [6.07, 6.45) is 3.44. The van der Waals surface area contributed by atoms with Gasteiger partial charge < -0.3 is 14.7 Å². The molecule has 0 aliphatic heterocycles. The van der Waals surface area contributed by atoms with Crippen molar-refractivity contribution in [3.8, 4) is 11.5 Å². The van der Waals surface area contributed by atoms with Gasteiger partial charge in [-0.3, -0.25) is 0 Å². The van der Waals surface area contributed by atoms with E-state index in [1.54, 1.807) is 12.5 Å². The van der Waals surface area contributed by atoms with Crippen molar-refractivity contribution < 1.29 is 4.42 Å². The van der Waals surface area contributed by atoms with Gasteiger partial charge in [-0.15, -0.1) is 0 Å². The van der Waals surface area contributed by atoms with Crippen molar-refractivity contribution in [1.29, 1.82) is 0 Å². The van der Waals surface area contributed by atoms with E-state index in [4.69, 9.17) is 4.42 Å². The van der Waals surface area contributed by atoms with Gasteiger partial charge >= 0.3 is 0 Å². The van der Waals surface area contributed by atoms with E-state index in [1.807, 2.05) is 12.1 Å². The molecular weight excluding hydrogens is 178 g/mol. The van der Waals surface area contributed by atoms with Crippen LogP contribution in [0.3, 0.4) is 0 Å². The van der Waals surface area contributed by atoms with E-state index in [0.29, 0.717) is 0 Å². The molecule has 0 fully saturated rings. The molecule has 2 N–H and O–H groups in total. The van der Waals surface area contributed by atoms with Crippen LogP contribution in [0.1, 0.15) is 12.7 Å². The number of rotatable bonds is 4. The van der Waals surface area contributed by atoms with Gasteiger partial charge in [0.15, 0.2) is 5.76 Å². The zero-order chi connectivity index (χ0) is 9.80. The molecule has 0 aliphatic rings. The second-order valence-electron chi connectivity index (χ2n) is 3.00. The van der Waals surface area contributed by atoms with Gasteiger partial charge in [-0.1, -0.05) is 6.92 Å². The standard InChI is InChI=1S/C10H13N3O/c1-2-11-7-10-12-6-8(13-10)9-4-3-5-14-9/h3-6,11H,2,7H2,1H3,(H,12,13). The molecule has 2 heterocycles. The van der Waals surface area contributed by atoms with Gasteiger partial charge in [0.2, 0.25) is 0 Å². The number of hydrogen-bond donors (Lipinski definition) is 2. The highest BCUT2D eigenvalue weighted by Gasteiger charge is 2.04. The maximum absolute atomic E-state index is 5.25. The molecule has 2 aromatic heterocycles. The van der Waals surface area contributed by atoms with Crippen LogP contribution in [-0.2, 0) is 6.54 Å². The Labute approximate surface area is 82.4 Å². The Morgan fingerprint density at radius 2 is 2.50 bits per heavy atom. The van der Waals surface area contributed by atoms with Gasteiger partial charge in [-0.2, -0.15) is 0 Å². The number of aromatic amines is 1. The zero-order valence-electron chi connectivity index (χ0n) is 8.08. The fraction of sp³-hybridized carbons (Fsp3) is 0.300. The Kier molecular flexibility index (Phi) is 2.65. The molecule has 0 spiro atoms. The van der Waals surface area contributed by atoms with Crippen LogP contribution < -0.4 is 5.32 Å². The third-order valence-electron chi connectivity index (χ3n) is 1.96. The zero-order valence-corrected chi connectivity index (χ0v) is 8.08. The molecule has 0 unspecified atom stereocenters. The molecule has 0 saturated carbocycles. The summed E-state index contributed by atoms with van der Waals surface area (Å²) in [6.45, 7) is 3.77. The monoisotopic (exact) mass is 191 g/mol. The van der Waals surface area contributed by atoms with Gasteiger partial charge in [0.05, 0.1) is 19.0 Å². The van der Waals surface area contributed by atoms with E-state index in [9.17, 15) is 0 Å². The summed E-state index contributed by atoms with van der Waals surface area (Å²) in [5.74, 6) is 1.75. The number of imidazole rings is 1. The molecule has 2 aromatic rings. The van der Waals surface area contributed by atoms with Gasteiger partial charge in [0, 0.05) is 0 Å². The highest BCUT2D eigenvalue weighted by atomic mass is 16.3. The summed E-state index contributed by atoms with van der Waals surface area (Å²) in [6, 6.07) is 3.77. The predicted octanol–water partition coefficient (Wildman–Crippen LogP) is 1.78. The molecule has 0 aliphatic carbocycles. The minimum Gasteiger partial charge on any atom is -0.463 e. The van der Waals surface area contributed by atoms with E-state index in [2.05, 4.69) is 22.2 Å². The van der Waals surface area contributed by atoms with Crippen LogP contribution in [0.5, 0.6) is 0 Å². The lowest BCUT2D eigenvalue weighted by Crippen LogP contribution is -2.12. The molecule has 0 atom stereocenters. The van der Waals surface area contributed by atoms with Crippen molar-refractivity contribution >= 4 is 0 Å². The average Bonchev–Trinajstić information content (AvgIpc) is 2.85. The lowest BCUT2D eigenvalue weighted by atomic mass is 10.4. The highest BCUT2D eigenvalue weighted by molar-refractivity contribution is 5.50. The van der Waals surface area contributed by atoms with Gasteiger partial charge in [-0.05, 0) is 18.7 Å². The molecule has 0 radical (unpaired) electrons. The van der Waals surface area contributed by atoms with Gasteiger partial charge in [-0.25, -0.2) is 4.98 Å². The molecule has 0 bridgehead atoms. The average molecular weight is 191 g/mol. The van der Waals surface area contributed by atoms with Crippen molar-refractivity contribution in [1.82, 2.24) is 15.3 Å². The first kappa shape index (κ1) is 9.02. The van der Waals surface area contributed by atoms with E-state index < -0.39 is 0 Å². The van der Waals surface area contributed by atoms with E-state index >= 15 is 0 Å². The Hall–Kier alpha value is -1.55. The lowest BCUT2D eigenvalue weighted by Gasteiger charge is -1.95. The number of nitrogens with one attached hydrogen (secondary N) is 2. The van der Waals surface area contributed by atoms with Crippen molar-refractivity contribution in [2.75, 3.05) is 6.54 Å². The van der Waals surface area contributed by atoms with Crippen LogP contribution >= 0.6 is 0 Å². The maximum Gasteiger partial charge on any atom is 0.151 e. The van der Waals surface area contributed by atoms with E-state index in [1.165, 1.54) is 0 Å². The molecule has 0 saturated heterocycles. The van der Waals surface area contributed by atoms with Crippen LogP contribution in [0.2, 0.25) is 0 Å². The number of aromatic nitrogens is 2.